The Bertz CT molecular complexity index is 271. The van der Waals surface area contributed by atoms with Crippen molar-refractivity contribution in [2.75, 3.05) is 6.61 Å². The molecule has 1 atom stereocenters. The Hall–Kier alpha value is -0.960. The van der Waals surface area contributed by atoms with Gasteiger partial charge in [0.25, 0.3) is 0 Å². The molecule has 3 nitrogen and oxygen atoms in total. The van der Waals surface area contributed by atoms with Crippen LogP contribution in [-0.2, 0) is 14.3 Å². The van der Waals surface area contributed by atoms with E-state index >= 15 is 0 Å². The molecule has 0 amide bonds. The first-order chi connectivity index (χ1) is 6.69. The predicted molar refractivity (Wildman–Crippen MR) is 53.8 cm³/mol. The van der Waals surface area contributed by atoms with Crippen molar-refractivity contribution in [3.63, 3.8) is 0 Å². The minimum Gasteiger partial charge on any atom is -0.489 e. The van der Waals surface area contributed by atoms with Crippen LogP contribution in [0.3, 0.4) is 0 Å². The molecular formula is C10H13ClO3. The summed E-state index contributed by atoms with van der Waals surface area (Å²) < 4.78 is 10.1. The van der Waals surface area contributed by atoms with E-state index in [1.165, 1.54) is 0 Å². The molecule has 0 aliphatic carbocycles. The fourth-order valence-corrected chi connectivity index (χ4v) is 1.40. The molecule has 4 heteroatoms. The third kappa shape index (κ3) is 2.51. The van der Waals surface area contributed by atoms with Crippen molar-refractivity contribution in [1.82, 2.24) is 0 Å². The van der Waals surface area contributed by atoms with Crippen molar-refractivity contribution in [2.24, 2.45) is 0 Å². The highest BCUT2D eigenvalue weighted by atomic mass is 35.5. The van der Waals surface area contributed by atoms with Gasteiger partial charge in [0.1, 0.15) is 11.9 Å². The zero-order chi connectivity index (χ0) is 10.6. The molecule has 0 aromatic carbocycles. The maximum absolute atomic E-state index is 11.2. The lowest BCUT2D eigenvalue weighted by atomic mass is 10.2. The topological polar surface area (TPSA) is 35.5 Å². The van der Waals surface area contributed by atoms with Crippen LogP contribution in [0.4, 0.5) is 0 Å². The van der Waals surface area contributed by atoms with Crippen LogP contribution in [0.5, 0.6) is 0 Å². The number of carbonyl (C=O) groups is 1. The van der Waals surface area contributed by atoms with Crippen molar-refractivity contribution >= 4 is 17.6 Å². The first-order valence-corrected chi connectivity index (χ1v) is 4.91. The number of halogens is 1. The number of esters is 1. The molecule has 1 fully saturated rings. The van der Waals surface area contributed by atoms with Gasteiger partial charge in [0.05, 0.1) is 6.61 Å². The quantitative estimate of drug-likeness (QED) is 0.413. The molecule has 0 N–H and O–H groups in total. The van der Waals surface area contributed by atoms with Crippen molar-refractivity contribution in [3.8, 4) is 0 Å². The summed E-state index contributed by atoms with van der Waals surface area (Å²) in [5, 5.41) is 0.0520. The van der Waals surface area contributed by atoms with E-state index < -0.39 is 5.97 Å². The third-order valence-corrected chi connectivity index (χ3v) is 2.28. The Morgan fingerprint density at radius 1 is 1.86 bits per heavy atom. The Morgan fingerprint density at radius 3 is 3.07 bits per heavy atom. The minimum atomic E-state index is -0.520. The first-order valence-electron chi connectivity index (χ1n) is 4.54. The molecule has 0 radical (unpaired) electrons. The summed E-state index contributed by atoms with van der Waals surface area (Å²) in [7, 11) is 0. The molecule has 1 rings (SSSR count). The van der Waals surface area contributed by atoms with Crippen LogP contribution in [-0.4, -0.2) is 18.7 Å². The van der Waals surface area contributed by atoms with Gasteiger partial charge in [-0.25, -0.2) is 4.79 Å². The number of rotatable bonds is 3. The summed E-state index contributed by atoms with van der Waals surface area (Å²) >= 11 is 5.78. The van der Waals surface area contributed by atoms with Crippen LogP contribution < -0.4 is 0 Å². The van der Waals surface area contributed by atoms with Crippen molar-refractivity contribution in [3.05, 3.63) is 23.4 Å². The van der Waals surface area contributed by atoms with Gasteiger partial charge in [-0.15, -0.1) is 0 Å². The second kappa shape index (κ2) is 5.05. The van der Waals surface area contributed by atoms with Crippen LogP contribution >= 0.6 is 11.6 Å². The van der Waals surface area contributed by atoms with Gasteiger partial charge in [-0.3, -0.25) is 0 Å². The number of allylic oxidation sites excluding steroid dienone is 1. The Balaban J connectivity index is 2.65. The monoisotopic (exact) mass is 216 g/mol. The summed E-state index contributed by atoms with van der Waals surface area (Å²) in [6, 6.07) is 0. The van der Waals surface area contributed by atoms with Gasteiger partial charge in [-0.2, -0.15) is 0 Å². The lowest BCUT2D eigenvalue weighted by Gasteiger charge is -2.06. The molecule has 0 spiro atoms. The molecule has 1 aliphatic heterocycles. The van der Waals surface area contributed by atoms with Crippen LogP contribution in [0, 0.1) is 0 Å². The standard InChI is InChI=1S/C10H13ClO3/c1-3-7-5-6-8(14-7)9(11)10(12)13-4-2/h3,7H,1,4-6H2,2H3/b9-8-. The zero-order valence-electron chi connectivity index (χ0n) is 8.09. The van der Waals surface area contributed by atoms with Gasteiger partial charge in [0.15, 0.2) is 5.03 Å². The molecule has 78 valence electrons. The van der Waals surface area contributed by atoms with E-state index in [9.17, 15) is 4.79 Å². The Morgan fingerprint density at radius 2 is 2.57 bits per heavy atom. The molecule has 0 aromatic rings. The maximum Gasteiger partial charge on any atom is 0.353 e. The van der Waals surface area contributed by atoms with Gasteiger partial charge in [0.2, 0.25) is 0 Å². The van der Waals surface area contributed by atoms with Crippen LogP contribution in [0.2, 0.25) is 0 Å². The van der Waals surface area contributed by atoms with E-state index in [4.69, 9.17) is 21.1 Å². The first kappa shape index (κ1) is 11.1. The fraction of sp³-hybridized carbons (Fsp3) is 0.500. The summed E-state index contributed by atoms with van der Waals surface area (Å²) in [5.74, 6) is -0.0103. The second-order valence-electron chi connectivity index (χ2n) is 2.89. The molecule has 14 heavy (non-hydrogen) atoms. The summed E-state index contributed by atoms with van der Waals surface area (Å²) in [6.07, 6.45) is 3.14. The normalized spacial score (nSPS) is 24.0. The highest BCUT2D eigenvalue weighted by Crippen LogP contribution is 2.28. The molecule has 1 aliphatic rings. The third-order valence-electron chi connectivity index (χ3n) is 1.91. The number of hydrogen-bond donors (Lipinski definition) is 0. The van der Waals surface area contributed by atoms with E-state index in [0.717, 1.165) is 6.42 Å². The molecular weight excluding hydrogens is 204 g/mol. The van der Waals surface area contributed by atoms with Crippen molar-refractivity contribution in [1.29, 1.82) is 0 Å². The van der Waals surface area contributed by atoms with Gasteiger partial charge >= 0.3 is 5.97 Å². The highest BCUT2D eigenvalue weighted by Gasteiger charge is 2.24. The van der Waals surface area contributed by atoms with E-state index in [-0.39, 0.29) is 11.1 Å². The van der Waals surface area contributed by atoms with E-state index in [0.29, 0.717) is 18.8 Å². The van der Waals surface area contributed by atoms with Gasteiger partial charge in [-0.05, 0) is 13.3 Å². The van der Waals surface area contributed by atoms with Gasteiger partial charge in [-0.1, -0.05) is 24.3 Å². The van der Waals surface area contributed by atoms with E-state index in [1.807, 2.05) is 0 Å². The largest absolute Gasteiger partial charge is 0.489 e. The van der Waals surface area contributed by atoms with Crippen LogP contribution in [0.15, 0.2) is 23.4 Å². The molecule has 1 heterocycles. The molecule has 0 aromatic heterocycles. The number of ether oxygens (including phenoxy) is 2. The Kier molecular flexibility index (Phi) is 4.01. The molecule has 0 saturated carbocycles. The Labute approximate surface area is 88.3 Å². The number of carbonyl (C=O) groups excluding carboxylic acids is 1. The van der Waals surface area contributed by atoms with Crippen molar-refractivity contribution < 1.29 is 14.3 Å². The van der Waals surface area contributed by atoms with Gasteiger partial charge in [0, 0.05) is 6.42 Å². The van der Waals surface area contributed by atoms with Crippen molar-refractivity contribution in [2.45, 2.75) is 25.9 Å². The van der Waals surface area contributed by atoms with Crippen LogP contribution in [0.1, 0.15) is 19.8 Å². The lowest BCUT2D eigenvalue weighted by Crippen LogP contribution is -2.07. The fourth-order valence-electron chi connectivity index (χ4n) is 1.21. The molecule has 0 bridgehead atoms. The van der Waals surface area contributed by atoms with E-state index in [1.54, 1.807) is 13.0 Å². The second-order valence-corrected chi connectivity index (χ2v) is 3.27. The van der Waals surface area contributed by atoms with Crippen LogP contribution in [0.25, 0.3) is 0 Å². The minimum absolute atomic E-state index is 0.0341. The summed E-state index contributed by atoms with van der Waals surface area (Å²) in [6.45, 7) is 5.65. The average Bonchev–Trinajstić information content (AvgIpc) is 2.65. The maximum atomic E-state index is 11.2. The zero-order valence-corrected chi connectivity index (χ0v) is 8.84. The molecule has 1 unspecified atom stereocenters. The average molecular weight is 217 g/mol. The predicted octanol–water partition coefficient (Wildman–Crippen LogP) is 2.36. The lowest BCUT2D eigenvalue weighted by molar-refractivity contribution is -0.137. The molecule has 1 saturated heterocycles. The SMILES string of the molecule is C=CC1CC/C(=C(/Cl)C(=O)OCC)O1. The number of hydrogen-bond acceptors (Lipinski definition) is 3. The summed E-state index contributed by atoms with van der Waals surface area (Å²) in [4.78, 5) is 11.2. The smallest absolute Gasteiger partial charge is 0.353 e. The van der Waals surface area contributed by atoms with E-state index in [2.05, 4.69) is 6.58 Å². The summed E-state index contributed by atoms with van der Waals surface area (Å²) in [5.41, 5.74) is 0. The highest BCUT2D eigenvalue weighted by molar-refractivity contribution is 6.41. The van der Waals surface area contributed by atoms with Gasteiger partial charge < -0.3 is 9.47 Å².